The zero-order valence-electron chi connectivity index (χ0n) is 10.7. The van der Waals surface area contributed by atoms with Crippen molar-refractivity contribution in [3.05, 3.63) is 0 Å². The van der Waals surface area contributed by atoms with Crippen molar-refractivity contribution in [1.29, 1.82) is 0 Å². The van der Waals surface area contributed by atoms with Crippen LogP contribution in [0.5, 0.6) is 0 Å². The van der Waals surface area contributed by atoms with E-state index in [0.717, 1.165) is 26.1 Å². The minimum Gasteiger partial charge on any atom is -0.375 e. The second-order valence-electron chi connectivity index (χ2n) is 5.09. The molecule has 2 aliphatic rings. The van der Waals surface area contributed by atoms with Crippen LogP contribution in [0.25, 0.3) is 0 Å². The molecule has 2 unspecified atom stereocenters. The highest BCUT2D eigenvalue weighted by molar-refractivity contribution is 5.82. The number of piperidine rings is 1. The molecule has 0 aromatic heterocycles. The second-order valence-corrected chi connectivity index (χ2v) is 5.09. The number of carbonyl (C=O) groups excluding carboxylic acids is 1. The average molecular weight is 241 g/mol. The third-order valence-corrected chi connectivity index (χ3v) is 3.75. The van der Waals surface area contributed by atoms with Crippen LogP contribution in [-0.4, -0.2) is 50.3 Å². The van der Waals surface area contributed by atoms with Crippen LogP contribution in [0.3, 0.4) is 0 Å². The summed E-state index contributed by atoms with van der Waals surface area (Å²) >= 11 is 0. The number of hydrogen-bond donors (Lipinski definition) is 3. The molecular formula is C12H23N3O2. The Hall–Kier alpha value is -0.650. The van der Waals surface area contributed by atoms with Gasteiger partial charge in [0.1, 0.15) is 6.04 Å². The van der Waals surface area contributed by atoms with Gasteiger partial charge in [-0.2, -0.15) is 0 Å². The number of rotatable bonds is 2. The number of hydrogen-bond acceptors (Lipinski definition) is 4. The van der Waals surface area contributed by atoms with Crippen LogP contribution in [0.15, 0.2) is 0 Å². The molecule has 0 aromatic rings. The predicted octanol–water partition coefficient (Wildman–Crippen LogP) is -0.522. The average Bonchev–Trinajstić information content (AvgIpc) is 2.32. The first kappa shape index (κ1) is 12.8. The largest absolute Gasteiger partial charge is 0.375 e. The quantitative estimate of drug-likeness (QED) is 0.609. The number of nitrogens with one attached hydrogen (secondary N) is 3. The highest BCUT2D eigenvalue weighted by Gasteiger charge is 2.31. The molecule has 0 aliphatic carbocycles. The molecule has 0 saturated carbocycles. The maximum atomic E-state index is 12.1. The Morgan fingerprint density at radius 1 is 1.35 bits per heavy atom. The molecule has 0 aromatic carbocycles. The van der Waals surface area contributed by atoms with Crippen molar-refractivity contribution in [2.24, 2.45) is 5.92 Å². The number of amides is 1. The third kappa shape index (κ3) is 3.18. The monoisotopic (exact) mass is 241 g/mol. The van der Waals surface area contributed by atoms with E-state index in [-0.39, 0.29) is 24.1 Å². The van der Waals surface area contributed by atoms with E-state index in [0.29, 0.717) is 12.5 Å². The SMILES string of the molecule is CC1CCNCC1NC(=O)[C@H]1NCCO[C@@H]1C. The topological polar surface area (TPSA) is 62.4 Å². The summed E-state index contributed by atoms with van der Waals surface area (Å²) in [5, 5.41) is 9.66. The molecule has 1 amide bonds. The summed E-state index contributed by atoms with van der Waals surface area (Å²) in [5.41, 5.74) is 0. The van der Waals surface area contributed by atoms with E-state index in [1.807, 2.05) is 6.92 Å². The van der Waals surface area contributed by atoms with E-state index in [2.05, 4.69) is 22.9 Å². The van der Waals surface area contributed by atoms with Crippen molar-refractivity contribution < 1.29 is 9.53 Å². The van der Waals surface area contributed by atoms with Crippen molar-refractivity contribution >= 4 is 5.91 Å². The Kier molecular flexibility index (Phi) is 4.36. The molecule has 0 radical (unpaired) electrons. The van der Waals surface area contributed by atoms with E-state index in [1.165, 1.54) is 0 Å². The van der Waals surface area contributed by atoms with Gasteiger partial charge in [0.2, 0.25) is 5.91 Å². The number of carbonyl (C=O) groups is 1. The molecule has 2 saturated heterocycles. The lowest BCUT2D eigenvalue weighted by molar-refractivity contribution is -0.130. The summed E-state index contributed by atoms with van der Waals surface area (Å²) in [4.78, 5) is 12.1. The second kappa shape index (κ2) is 5.80. The molecule has 4 atom stereocenters. The molecule has 2 fully saturated rings. The molecule has 0 spiro atoms. The molecule has 2 aliphatic heterocycles. The highest BCUT2D eigenvalue weighted by Crippen LogP contribution is 2.12. The zero-order chi connectivity index (χ0) is 12.3. The van der Waals surface area contributed by atoms with Gasteiger partial charge in [0.15, 0.2) is 0 Å². The molecule has 0 bridgehead atoms. The Bertz CT molecular complexity index is 272. The van der Waals surface area contributed by atoms with Crippen molar-refractivity contribution in [3.8, 4) is 0 Å². The van der Waals surface area contributed by atoms with E-state index in [1.54, 1.807) is 0 Å². The van der Waals surface area contributed by atoms with Gasteiger partial charge in [-0.15, -0.1) is 0 Å². The van der Waals surface area contributed by atoms with Gasteiger partial charge in [-0.3, -0.25) is 4.79 Å². The fourth-order valence-corrected chi connectivity index (χ4v) is 2.48. The smallest absolute Gasteiger partial charge is 0.240 e. The van der Waals surface area contributed by atoms with Crippen LogP contribution >= 0.6 is 0 Å². The van der Waals surface area contributed by atoms with E-state index in [4.69, 9.17) is 4.74 Å². The Morgan fingerprint density at radius 3 is 2.88 bits per heavy atom. The first-order valence-electron chi connectivity index (χ1n) is 6.54. The lowest BCUT2D eigenvalue weighted by Crippen LogP contribution is -2.59. The molecule has 5 nitrogen and oxygen atoms in total. The Morgan fingerprint density at radius 2 is 2.18 bits per heavy atom. The molecule has 5 heteroatoms. The molecule has 17 heavy (non-hydrogen) atoms. The summed E-state index contributed by atoms with van der Waals surface area (Å²) < 4.78 is 5.49. The van der Waals surface area contributed by atoms with Crippen LogP contribution in [0, 0.1) is 5.92 Å². The summed E-state index contributed by atoms with van der Waals surface area (Å²) in [6.07, 6.45) is 1.07. The summed E-state index contributed by atoms with van der Waals surface area (Å²) in [6.45, 7) is 7.50. The normalized spacial score (nSPS) is 38.7. The van der Waals surface area contributed by atoms with Gasteiger partial charge in [-0.1, -0.05) is 6.92 Å². The third-order valence-electron chi connectivity index (χ3n) is 3.75. The van der Waals surface area contributed by atoms with Crippen molar-refractivity contribution in [2.45, 2.75) is 38.5 Å². The fraction of sp³-hybridized carbons (Fsp3) is 0.917. The fourth-order valence-electron chi connectivity index (χ4n) is 2.48. The molecule has 2 rings (SSSR count). The maximum absolute atomic E-state index is 12.1. The maximum Gasteiger partial charge on any atom is 0.240 e. The van der Waals surface area contributed by atoms with Crippen LogP contribution < -0.4 is 16.0 Å². The zero-order valence-corrected chi connectivity index (χ0v) is 10.7. The molecule has 3 N–H and O–H groups in total. The molecule has 98 valence electrons. The van der Waals surface area contributed by atoms with Crippen molar-refractivity contribution in [1.82, 2.24) is 16.0 Å². The van der Waals surface area contributed by atoms with Gasteiger partial charge >= 0.3 is 0 Å². The number of ether oxygens (including phenoxy) is 1. The van der Waals surface area contributed by atoms with Gasteiger partial charge < -0.3 is 20.7 Å². The van der Waals surface area contributed by atoms with Gasteiger partial charge in [0.25, 0.3) is 0 Å². The van der Waals surface area contributed by atoms with E-state index >= 15 is 0 Å². The standard InChI is InChI=1S/C12H23N3O2/c1-8-3-4-13-7-10(8)15-12(16)11-9(2)17-6-5-14-11/h8-11,13-14H,3-7H2,1-2H3,(H,15,16)/t8?,9-,10?,11+/m1/s1. The van der Waals surface area contributed by atoms with Crippen LogP contribution in [0.1, 0.15) is 20.3 Å². The number of morpholine rings is 1. The Labute approximate surface area is 103 Å². The van der Waals surface area contributed by atoms with Gasteiger partial charge in [-0.25, -0.2) is 0 Å². The summed E-state index contributed by atoms with van der Waals surface area (Å²) in [6, 6.07) is 0.0325. The highest BCUT2D eigenvalue weighted by atomic mass is 16.5. The van der Waals surface area contributed by atoms with Crippen LogP contribution in [0.4, 0.5) is 0 Å². The van der Waals surface area contributed by atoms with Crippen molar-refractivity contribution in [2.75, 3.05) is 26.2 Å². The first-order valence-corrected chi connectivity index (χ1v) is 6.54. The minimum absolute atomic E-state index is 0.0457. The van der Waals surface area contributed by atoms with Gasteiger partial charge in [0, 0.05) is 19.1 Å². The minimum atomic E-state index is -0.210. The van der Waals surface area contributed by atoms with E-state index in [9.17, 15) is 4.79 Å². The van der Waals surface area contributed by atoms with Gasteiger partial charge in [0.05, 0.1) is 12.7 Å². The first-order chi connectivity index (χ1) is 8.18. The Balaban J connectivity index is 1.86. The van der Waals surface area contributed by atoms with Gasteiger partial charge in [-0.05, 0) is 25.8 Å². The lowest BCUT2D eigenvalue weighted by atomic mass is 9.94. The predicted molar refractivity (Wildman–Crippen MR) is 65.8 cm³/mol. The lowest BCUT2D eigenvalue weighted by Gasteiger charge is -2.34. The van der Waals surface area contributed by atoms with E-state index < -0.39 is 0 Å². The summed E-state index contributed by atoms with van der Waals surface area (Å²) in [7, 11) is 0. The van der Waals surface area contributed by atoms with Crippen molar-refractivity contribution in [3.63, 3.8) is 0 Å². The molecular weight excluding hydrogens is 218 g/mol. The van der Waals surface area contributed by atoms with Crippen LogP contribution in [-0.2, 0) is 9.53 Å². The molecule has 2 heterocycles. The summed E-state index contributed by atoms with van der Waals surface area (Å²) in [5.74, 6) is 0.609. The van der Waals surface area contributed by atoms with Crippen LogP contribution in [0.2, 0.25) is 0 Å².